The minimum absolute atomic E-state index is 0.0181. The van der Waals surface area contributed by atoms with Crippen molar-refractivity contribution in [2.45, 2.75) is 51.5 Å². The third kappa shape index (κ3) is 8.96. The molecule has 0 bridgehead atoms. The second kappa shape index (κ2) is 14.7. The van der Waals surface area contributed by atoms with E-state index >= 15 is 0 Å². The summed E-state index contributed by atoms with van der Waals surface area (Å²) in [6, 6.07) is 19.6. The quantitative estimate of drug-likeness (QED) is 0.250. The molecular weight excluding hydrogens is 581 g/mol. The summed E-state index contributed by atoms with van der Waals surface area (Å²) in [5.74, 6) is -0.562. The van der Waals surface area contributed by atoms with Gasteiger partial charge in [-0.25, -0.2) is 8.42 Å². The number of carbonyl (C=O) groups is 2. The molecule has 3 aromatic rings. The summed E-state index contributed by atoms with van der Waals surface area (Å²) in [6.45, 7) is 7.81. The van der Waals surface area contributed by atoms with Gasteiger partial charge in [0.05, 0.1) is 10.6 Å². The molecule has 0 aromatic heterocycles. The monoisotopic (exact) mass is 617 g/mol. The summed E-state index contributed by atoms with van der Waals surface area (Å²) >= 11 is 12.5. The van der Waals surface area contributed by atoms with Crippen molar-refractivity contribution in [3.05, 3.63) is 94.0 Å². The molecule has 0 fully saturated rings. The molecule has 220 valence electrons. The summed E-state index contributed by atoms with van der Waals surface area (Å²) in [5.41, 5.74) is 2.04. The lowest BCUT2D eigenvalue weighted by molar-refractivity contribution is -0.139. The van der Waals surface area contributed by atoms with Gasteiger partial charge in [-0.2, -0.15) is 0 Å². The van der Waals surface area contributed by atoms with Crippen LogP contribution in [0.25, 0.3) is 0 Å². The van der Waals surface area contributed by atoms with Gasteiger partial charge >= 0.3 is 0 Å². The molecule has 1 atom stereocenters. The van der Waals surface area contributed by atoms with Gasteiger partial charge in [0.25, 0.3) is 10.0 Å². The lowest BCUT2D eigenvalue weighted by Gasteiger charge is -2.33. The molecule has 7 nitrogen and oxygen atoms in total. The largest absolute Gasteiger partial charge is 0.354 e. The van der Waals surface area contributed by atoms with E-state index in [4.69, 9.17) is 23.2 Å². The number of anilines is 1. The van der Waals surface area contributed by atoms with Crippen LogP contribution in [0.15, 0.2) is 77.7 Å². The van der Waals surface area contributed by atoms with Crippen molar-refractivity contribution >= 4 is 50.7 Å². The van der Waals surface area contributed by atoms with E-state index in [0.29, 0.717) is 19.4 Å². The van der Waals surface area contributed by atoms with Gasteiger partial charge in [0.15, 0.2) is 0 Å². The van der Waals surface area contributed by atoms with E-state index in [0.717, 1.165) is 15.4 Å². The highest BCUT2D eigenvalue weighted by atomic mass is 35.5. The van der Waals surface area contributed by atoms with E-state index in [-0.39, 0.29) is 39.0 Å². The molecule has 0 unspecified atom stereocenters. The molecule has 3 aromatic carbocycles. The topological polar surface area (TPSA) is 86.8 Å². The second-order valence-electron chi connectivity index (χ2n) is 10.3. The van der Waals surface area contributed by atoms with Crippen LogP contribution < -0.4 is 9.62 Å². The van der Waals surface area contributed by atoms with Gasteiger partial charge in [-0.1, -0.05) is 92.0 Å². The van der Waals surface area contributed by atoms with E-state index in [1.165, 1.54) is 35.2 Å². The van der Waals surface area contributed by atoms with Gasteiger partial charge in [0.2, 0.25) is 11.8 Å². The standard InChI is InChI=1S/C31H37Cl2N3O4S/c1-5-29(31(38)34-20-22(2)3)35(16-15-24-9-7-6-8-10-24)30(37)21-36(27-18-25(32)17-26(33)19-27)41(39,40)28-13-11-23(4)12-14-28/h6-14,17-19,22,29H,5,15-16,20-21H2,1-4H3,(H,34,38)/t29-/m1/s1. The molecule has 0 saturated heterocycles. The van der Waals surface area contributed by atoms with Crippen LogP contribution in [0.5, 0.6) is 0 Å². The molecule has 3 rings (SSSR count). The third-order valence-electron chi connectivity index (χ3n) is 6.58. The van der Waals surface area contributed by atoms with Gasteiger partial charge in [0, 0.05) is 23.1 Å². The fourth-order valence-electron chi connectivity index (χ4n) is 4.37. The van der Waals surface area contributed by atoms with Crippen LogP contribution in [0, 0.1) is 12.8 Å². The first kappa shape index (κ1) is 32.4. The van der Waals surface area contributed by atoms with Gasteiger partial charge in [-0.05, 0) is 61.6 Å². The zero-order valence-corrected chi connectivity index (χ0v) is 26.1. The van der Waals surface area contributed by atoms with E-state index < -0.39 is 28.5 Å². The Morgan fingerprint density at radius 3 is 2.10 bits per heavy atom. The first-order chi connectivity index (χ1) is 19.4. The van der Waals surface area contributed by atoms with Crippen LogP contribution in [0.4, 0.5) is 5.69 Å². The Balaban J connectivity index is 2.03. The summed E-state index contributed by atoms with van der Waals surface area (Å²) in [5, 5.41) is 3.38. The Morgan fingerprint density at radius 2 is 1.54 bits per heavy atom. The van der Waals surface area contributed by atoms with Crippen molar-refractivity contribution in [3.63, 3.8) is 0 Å². The van der Waals surface area contributed by atoms with Crippen molar-refractivity contribution in [1.82, 2.24) is 10.2 Å². The predicted molar refractivity (Wildman–Crippen MR) is 166 cm³/mol. The summed E-state index contributed by atoms with van der Waals surface area (Å²) in [6.07, 6.45) is 0.854. The van der Waals surface area contributed by atoms with E-state index in [2.05, 4.69) is 5.32 Å². The number of nitrogens with one attached hydrogen (secondary N) is 1. The molecule has 0 heterocycles. The number of hydrogen-bond acceptors (Lipinski definition) is 4. The number of amides is 2. The second-order valence-corrected chi connectivity index (χ2v) is 13.1. The number of carbonyl (C=O) groups excluding carboxylic acids is 2. The van der Waals surface area contributed by atoms with Crippen molar-refractivity contribution in [2.75, 3.05) is 23.9 Å². The highest BCUT2D eigenvalue weighted by molar-refractivity contribution is 7.92. The van der Waals surface area contributed by atoms with Crippen molar-refractivity contribution in [3.8, 4) is 0 Å². The molecule has 0 aliphatic carbocycles. The molecule has 0 saturated carbocycles. The number of hydrogen-bond donors (Lipinski definition) is 1. The van der Waals surface area contributed by atoms with Crippen molar-refractivity contribution < 1.29 is 18.0 Å². The summed E-state index contributed by atoms with van der Waals surface area (Å²) < 4.78 is 28.9. The molecule has 0 radical (unpaired) electrons. The molecule has 2 amide bonds. The molecule has 41 heavy (non-hydrogen) atoms. The molecule has 1 N–H and O–H groups in total. The lowest BCUT2D eigenvalue weighted by atomic mass is 10.1. The minimum atomic E-state index is -4.21. The number of halogens is 2. The highest BCUT2D eigenvalue weighted by Crippen LogP contribution is 2.30. The normalized spacial score (nSPS) is 12.2. The SMILES string of the molecule is CC[C@H](C(=O)NCC(C)C)N(CCc1ccccc1)C(=O)CN(c1cc(Cl)cc(Cl)c1)S(=O)(=O)c1ccc(C)cc1. The maximum Gasteiger partial charge on any atom is 0.264 e. The third-order valence-corrected chi connectivity index (χ3v) is 8.80. The minimum Gasteiger partial charge on any atom is -0.354 e. The number of nitrogens with zero attached hydrogens (tertiary/aromatic N) is 2. The number of rotatable bonds is 13. The fourth-order valence-corrected chi connectivity index (χ4v) is 6.28. The number of aryl methyl sites for hydroxylation is 1. The average molecular weight is 619 g/mol. The zero-order chi connectivity index (χ0) is 30.2. The van der Waals surface area contributed by atoms with Crippen LogP contribution in [-0.2, 0) is 26.0 Å². The predicted octanol–water partition coefficient (Wildman–Crippen LogP) is 6.12. The van der Waals surface area contributed by atoms with E-state index in [9.17, 15) is 18.0 Å². The molecule has 0 aliphatic heterocycles. The van der Waals surface area contributed by atoms with Gasteiger partial charge < -0.3 is 10.2 Å². The van der Waals surface area contributed by atoms with Crippen LogP contribution >= 0.6 is 23.2 Å². The van der Waals surface area contributed by atoms with Crippen molar-refractivity contribution in [1.29, 1.82) is 0 Å². The molecule has 0 aliphatic rings. The van der Waals surface area contributed by atoms with Gasteiger partial charge in [0.1, 0.15) is 12.6 Å². The van der Waals surface area contributed by atoms with Crippen LogP contribution in [0.2, 0.25) is 10.0 Å². The zero-order valence-electron chi connectivity index (χ0n) is 23.8. The first-order valence-corrected chi connectivity index (χ1v) is 15.8. The maximum atomic E-state index is 14.1. The smallest absolute Gasteiger partial charge is 0.264 e. The Hall–Kier alpha value is -3.07. The van der Waals surface area contributed by atoms with E-state index in [1.807, 2.05) is 58.0 Å². The van der Waals surface area contributed by atoms with Crippen molar-refractivity contribution in [2.24, 2.45) is 5.92 Å². The Bertz CT molecular complexity index is 1410. The average Bonchev–Trinajstić information content (AvgIpc) is 2.92. The van der Waals surface area contributed by atoms with E-state index in [1.54, 1.807) is 12.1 Å². The van der Waals surface area contributed by atoms with Gasteiger partial charge in [-0.15, -0.1) is 0 Å². The Morgan fingerprint density at radius 1 is 0.927 bits per heavy atom. The Labute approximate surface area is 253 Å². The molecule has 10 heteroatoms. The summed E-state index contributed by atoms with van der Waals surface area (Å²) in [7, 11) is -4.21. The summed E-state index contributed by atoms with van der Waals surface area (Å²) in [4.78, 5) is 28.8. The Kier molecular flexibility index (Phi) is 11.6. The van der Waals surface area contributed by atoms with Gasteiger partial charge in [-0.3, -0.25) is 13.9 Å². The number of benzene rings is 3. The number of sulfonamides is 1. The molecular formula is C31H37Cl2N3O4S. The van der Waals surface area contributed by atoms with Crippen LogP contribution in [0.1, 0.15) is 38.3 Å². The highest BCUT2D eigenvalue weighted by Gasteiger charge is 2.33. The molecule has 0 spiro atoms. The first-order valence-electron chi connectivity index (χ1n) is 13.6. The van der Waals surface area contributed by atoms with Crippen LogP contribution in [-0.4, -0.2) is 50.8 Å². The lowest BCUT2D eigenvalue weighted by Crippen LogP contribution is -2.53. The fraction of sp³-hybridized carbons (Fsp3) is 0.355. The van der Waals surface area contributed by atoms with Crippen LogP contribution in [0.3, 0.4) is 0 Å². The maximum absolute atomic E-state index is 14.1.